The lowest BCUT2D eigenvalue weighted by Gasteiger charge is -2.33. The number of aromatic carboxylic acids is 1. The van der Waals surface area contributed by atoms with E-state index in [2.05, 4.69) is 9.97 Å². The molecule has 2 N–H and O–H groups in total. The molecule has 1 aromatic carbocycles. The van der Waals surface area contributed by atoms with E-state index in [-0.39, 0.29) is 23.0 Å². The lowest BCUT2D eigenvalue weighted by Crippen LogP contribution is -2.41. The third kappa shape index (κ3) is 3.60. The number of carboxylic acids is 1. The summed E-state index contributed by atoms with van der Waals surface area (Å²) in [5.74, 6) is -0.797. The maximum absolute atomic E-state index is 12.7. The SMILES string of the molecule is Cc1ncc(C(=O)N2CCCC(c3cccc(C(=O)O)c3)C2)c(=O)[nH]1. The predicted molar refractivity (Wildman–Crippen MR) is 90.9 cm³/mol. The van der Waals surface area contributed by atoms with Crippen molar-refractivity contribution in [2.75, 3.05) is 13.1 Å². The Kier molecular flexibility index (Phi) is 4.65. The summed E-state index contributed by atoms with van der Waals surface area (Å²) in [4.78, 5) is 44.0. The number of hydrogen-bond acceptors (Lipinski definition) is 4. The van der Waals surface area contributed by atoms with Crippen LogP contribution in [0.4, 0.5) is 0 Å². The quantitative estimate of drug-likeness (QED) is 0.886. The third-order valence-electron chi connectivity index (χ3n) is 4.47. The van der Waals surface area contributed by atoms with Crippen molar-refractivity contribution in [1.29, 1.82) is 0 Å². The Morgan fingerprint density at radius 1 is 1.36 bits per heavy atom. The van der Waals surface area contributed by atoms with E-state index in [9.17, 15) is 14.4 Å². The van der Waals surface area contributed by atoms with Gasteiger partial charge in [-0.05, 0) is 37.5 Å². The second-order valence-electron chi connectivity index (χ2n) is 6.23. The highest BCUT2D eigenvalue weighted by Crippen LogP contribution is 2.28. The monoisotopic (exact) mass is 341 g/mol. The zero-order valence-electron chi connectivity index (χ0n) is 13.9. The molecule has 7 heteroatoms. The number of aromatic nitrogens is 2. The summed E-state index contributed by atoms with van der Waals surface area (Å²) in [6.45, 7) is 2.68. The van der Waals surface area contributed by atoms with Gasteiger partial charge in [-0.2, -0.15) is 0 Å². The van der Waals surface area contributed by atoms with Crippen molar-refractivity contribution in [3.05, 3.63) is 63.3 Å². The Morgan fingerprint density at radius 3 is 2.88 bits per heavy atom. The maximum atomic E-state index is 12.7. The molecule has 0 saturated carbocycles. The van der Waals surface area contributed by atoms with Gasteiger partial charge in [-0.15, -0.1) is 0 Å². The number of aromatic amines is 1. The van der Waals surface area contributed by atoms with Crippen molar-refractivity contribution in [3.63, 3.8) is 0 Å². The molecule has 0 spiro atoms. The number of nitrogens with zero attached hydrogens (tertiary/aromatic N) is 2. The summed E-state index contributed by atoms with van der Waals surface area (Å²) in [6.07, 6.45) is 2.98. The van der Waals surface area contributed by atoms with Crippen LogP contribution in [0, 0.1) is 6.92 Å². The lowest BCUT2D eigenvalue weighted by atomic mass is 9.89. The van der Waals surface area contributed by atoms with Gasteiger partial charge in [0.1, 0.15) is 11.4 Å². The molecule has 1 aliphatic rings. The van der Waals surface area contributed by atoms with Crippen LogP contribution in [0.25, 0.3) is 0 Å². The van der Waals surface area contributed by atoms with E-state index in [0.29, 0.717) is 18.9 Å². The molecule has 1 aliphatic heterocycles. The van der Waals surface area contributed by atoms with Crippen molar-refractivity contribution in [2.45, 2.75) is 25.7 Å². The standard InChI is InChI=1S/C18H19N3O4/c1-11-19-9-15(16(22)20-11)17(23)21-7-3-6-14(10-21)12-4-2-5-13(8-12)18(24)25/h2,4-5,8-9,14H,3,6-7,10H2,1H3,(H,24,25)(H,19,20,22). The van der Waals surface area contributed by atoms with Crippen molar-refractivity contribution in [1.82, 2.24) is 14.9 Å². The Hall–Kier alpha value is -2.96. The molecular weight excluding hydrogens is 322 g/mol. The van der Waals surface area contributed by atoms with Crippen LogP contribution in [-0.4, -0.2) is 44.9 Å². The number of piperidine rings is 1. The van der Waals surface area contributed by atoms with E-state index in [1.165, 1.54) is 6.20 Å². The molecule has 1 unspecified atom stereocenters. The second-order valence-corrected chi connectivity index (χ2v) is 6.23. The maximum Gasteiger partial charge on any atom is 0.335 e. The minimum Gasteiger partial charge on any atom is -0.478 e. The van der Waals surface area contributed by atoms with Gasteiger partial charge in [0, 0.05) is 25.2 Å². The molecule has 1 amide bonds. The van der Waals surface area contributed by atoms with Gasteiger partial charge in [-0.1, -0.05) is 12.1 Å². The first-order valence-corrected chi connectivity index (χ1v) is 8.14. The molecule has 1 saturated heterocycles. The molecule has 3 rings (SSSR count). The number of nitrogens with one attached hydrogen (secondary N) is 1. The topological polar surface area (TPSA) is 103 Å². The van der Waals surface area contributed by atoms with Gasteiger partial charge in [0.15, 0.2) is 0 Å². The Morgan fingerprint density at radius 2 is 2.16 bits per heavy atom. The van der Waals surface area contributed by atoms with E-state index >= 15 is 0 Å². The molecule has 1 fully saturated rings. The van der Waals surface area contributed by atoms with Gasteiger partial charge in [0.25, 0.3) is 11.5 Å². The largest absolute Gasteiger partial charge is 0.478 e. The van der Waals surface area contributed by atoms with E-state index in [1.54, 1.807) is 30.0 Å². The number of H-pyrrole nitrogens is 1. The van der Waals surface area contributed by atoms with Crippen molar-refractivity contribution in [3.8, 4) is 0 Å². The molecule has 7 nitrogen and oxygen atoms in total. The van der Waals surface area contributed by atoms with E-state index in [0.717, 1.165) is 18.4 Å². The zero-order chi connectivity index (χ0) is 18.0. The summed E-state index contributed by atoms with van der Waals surface area (Å²) in [5.41, 5.74) is 0.728. The molecule has 130 valence electrons. The average Bonchev–Trinajstić information content (AvgIpc) is 2.61. The van der Waals surface area contributed by atoms with Crippen molar-refractivity contribution >= 4 is 11.9 Å². The van der Waals surface area contributed by atoms with Crippen LogP contribution in [0.1, 0.15) is 50.9 Å². The van der Waals surface area contributed by atoms with Crippen molar-refractivity contribution in [2.24, 2.45) is 0 Å². The highest BCUT2D eigenvalue weighted by molar-refractivity contribution is 5.93. The average molecular weight is 341 g/mol. The minimum atomic E-state index is -0.970. The fourth-order valence-corrected chi connectivity index (χ4v) is 3.17. The summed E-state index contributed by atoms with van der Waals surface area (Å²) in [7, 11) is 0. The number of carbonyl (C=O) groups excluding carboxylic acids is 1. The highest BCUT2D eigenvalue weighted by Gasteiger charge is 2.27. The number of carbonyl (C=O) groups is 2. The molecule has 0 aliphatic carbocycles. The molecule has 0 bridgehead atoms. The Labute approximate surface area is 144 Å². The van der Waals surface area contributed by atoms with Crippen LogP contribution in [0.15, 0.2) is 35.3 Å². The normalized spacial score (nSPS) is 17.3. The molecule has 1 aromatic heterocycles. The second kappa shape index (κ2) is 6.88. The van der Waals surface area contributed by atoms with Gasteiger partial charge < -0.3 is 15.0 Å². The van der Waals surface area contributed by atoms with Crippen LogP contribution in [0.2, 0.25) is 0 Å². The van der Waals surface area contributed by atoms with Crippen LogP contribution in [0.3, 0.4) is 0 Å². The zero-order valence-corrected chi connectivity index (χ0v) is 13.9. The molecular formula is C18H19N3O4. The number of benzene rings is 1. The van der Waals surface area contributed by atoms with Gasteiger partial charge in [-0.25, -0.2) is 9.78 Å². The van der Waals surface area contributed by atoms with Crippen LogP contribution in [-0.2, 0) is 0 Å². The van der Waals surface area contributed by atoms with Crippen LogP contribution in [0.5, 0.6) is 0 Å². The molecule has 1 atom stereocenters. The summed E-state index contributed by atoms with van der Waals surface area (Å²) in [5, 5.41) is 9.14. The van der Waals surface area contributed by atoms with Crippen LogP contribution >= 0.6 is 0 Å². The fourth-order valence-electron chi connectivity index (χ4n) is 3.17. The number of amides is 1. The molecule has 2 heterocycles. The fraction of sp³-hybridized carbons (Fsp3) is 0.333. The molecule has 25 heavy (non-hydrogen) atoms. The first kappa shape index (κ1) is 16.9. The number of rotatable bonds is 3. The smallest absolute Gasteiger partial charge is 0.335 e. The first-order valence-electron chi connectivity index (χ1n) is 8.14. The number of aryl methyl sites for hydroxylation is 1. The van der Waals surface area contributed by atoms with Gasteiger partial charge >= 0.3 is 5.97 Å². The lowest BCUT2D eigenvalue weighted by molar-refractivity contribution is 0.0687. The predicted octanol–water partition coefficient (Wildman–Crippen LogP) is 1.80. The molecule has 2 aromatic rings. The van der Waals surface area contributed by atoms with E-state index < -0.39 is 11.5 Å². The molecule has 0 radical (unpaired) electrons. The number of likely N-dealkylation sites (tertiary alicyclic amines) is 1. The number of carboxylic acid groups (broad SMARTS) is 1. The third-order valence-corrected chi connectivity index (χ3v) is 4.47. The van der Waals surface area contributed by atoms with Gasteiger partial charge in [-0.3, -0.25) is 9.59 Å². The van der Waals surface area contributed by atoms with Crippen molar-refractivity contribution < 1.29 is 14.7 Å². The first-order chi connectivity index (χ1) is 12.0. The summed E-state index contributed by atoms with van der Waals surface area (Å²) < 4.78 is 0. The summed E-state index contributed by atoms with van der Waals surface area (Å²) >= 11 is 0. The Balaban J connectivity index is 1.81. The van der Waals surface area contributed by atoms with E-state index in [4.69, 9.17) is 5.11 Å². The van der Waals surface area contributed by atoms with Gasteiger partial charge in [0.05, 0.1) is 5.56 Å². The van der Waals surface area contributed by atoms with E-state index in [1.807, 2.05) is 6.07 Å². The van der Waals surface area contributed by atoms with Gasteiger partial charge in [0.2, 0.25) is 0 Å². The highest BCUT2D eigenvalue weighted by atomic mass is 16.4. The summed E-state index contributed by atoms with van der Waals surface area (Å²) in [6, 6.07) is 6.80. The Bertz CT molecular complexity index is 875. The number of hydrogen-bond donors (Lipinski definition) is 2. The van der Waals surface area contributed by atoms with Crippen LogP contribution < -0.4 is 5.56 Å². The minimum absolute atomic E-state index is 0.0329.